The van der Waals surface area contributed by atoms with Gasteiger partial charge >= 0.3 is 5.97 Å². The Hall–Kier alpha value is -3.00. The van der Waals surface area contributed by atoms with Gasteiger partial charge in [0.15, 0.2) is 11.0 Å². The second-order valence-electron chi connectivity index (χ2n) is 4.70. The maximum atomic E-state index is 11.4. The van der Waals surface area contributed by atoms with Crippen LogP contribution in [-0.4, -0.2) is 37.3 Å². The van der Waals surface area contributed by atoms with Crippen molar-refractivity contribution in [3.63, 3.8) is 0 Å². The van der Waals surface area contributed by atoms with Gasteiger partial charge < -0.3 is 10.4 Å². The lowest BCUT2D eigenvalue weighted by molar-refractivity contribution is 0.0697. The lowest BCUT2D eigenvalue weighted by atomic mass is 10.2. The van der Waals surface area contributed by atoms with Crippen molar-refractivity contribution in [3.8, 4) is 11.4 Å². The average molecular weight is 339 g/mol. The molecule has 24 heavy (non-hydrogen) atoms. The number of benzene rings is 1. The SMILES string of the molecule is CSc1ncc(C(=O)O)c(Nc2cccc(-c3ncccn3)c2)n1. The van der Waals surface area contributed by atoms with Crippen molar-refractivity contribution in [2.75, 3.05) is 11.6 Å². The zero-order valence-electron chi connectivity index (χ0n) is 12.7. The van der Waals surface area contributed by atoms with Gasteiger partial charge in [0.1, 0.15) is 11.4 Å². The standard InChI is InChI=1S/C16H13N5O2S/c1-24-16-19-9-12(15(22)23)14(21-16)20-11-5-2-4-10(8-11)13-17-6-3-7-18-13/h2-9H,1H3,(H,22,23)(H,19,20,21). The predicted octanol–water partition coefficient (Wildman–Crippen LogP) is 3.10. The highest BCUT2D eigenvalue weighted by molar-refractivity contribution is 7.98. The number of rotatable bonds is 5. The molecule has 3 aromatic rings. The number of hydrogen-bond donors (Lipinski definition) is 2. The fourth-order valence-electron chi connectivity index (χ4n) is 2.04. The van der Waals surface area contributed by atoms with Gasteiger partial charge in [-0.3, -0.25) is 0 Å². The molecule has 0 amide bonds. The lowest BCUT2D eigenvalue weighted by Gasteiger charge is -2.10. The third-order valence-electron chi connectivity index (χ3n) is 3.13. The second kappa shape index (κ2) is 7.05. The number of nitrogens with zero attached hydrogens (tertiary/aromatic N) is 4. The maximum Gasteiger partial charge on any atom is 0.341 e. The topological polar surface area (TPSA) is 101 Å². The van der Waals surface area contributed by atoms with E-state index in [1.165, 1.54) is 18.0 Å². The van der Waals surface area contributed by atoms with Crippen molar-refractivity contribution in [2.24, 2.45) is 0 Å². The van der Waals surface area contributed by atoms with E-state index < -0.39 is 5.97 Å². The van der Waals surface area contributed by atoms with Crippen LogP contribution in [0.15, 0.2) is 54.1 Å². The Bertz CT molecular complexity index is 873. The summed E-state index contributed by atoms with van der Waals surface area (Å²) in [6.45, 7) is 0. The molecule has 0 fully saturated rings. The third kappa shape index (κ3) is 3.49. The Balaban J connectivity index is 1.96. The van der Waals surface area contributed by atoms with Gasteiger partial charge in [-0.2, -0.15) is 0 Å². The number of hydrogen-bond acceptors (Lipinski definition) is 7. The summed E-state index contributed by atoms with van der Waals surface area (Å²) in [7, 11) is 0. The van der Waals surface area contributed by atoms with Crippen molar-refractivity contribution >= 4 is 29.2 Å². The van der Waals surface area contributed by atoms with Gasteiger partial charge in [-0.05, 0) is 24.5 Å². The van der Waals surface area contributed by atoms with Crippen molar-refractivity contribution in [2.45, 2.75) is 5.16 Å². The van der Waals surface area contributed by atoms with Crippen molar-refractivity contribution < 1.29 is 9.90 Å². The van der Waals surface area contributed by atoms with Crippen LogP contribution in [0.2, 0.25) is 0 Å². The minimum Gasteiger partial charge on any atom is -0.477 e. The highest BCUT2D eigenvalue weighted by atomic mass is 32.2. The summed E-state index contributed by atoms with van der Waals surface area (Å²) in [5, 5.41) is 12.8. The van der Waals surface area contributed by atoms with Crippen LogP contribution in [0, 0.1) is 0 Å². The average Bonchev–Trinajstić information content (AvgIpc) is 2.62. The monoisotopic (exact) mass is 339 g/mol. The normalized spacial score (nSPS) is 10.4. The van der Waals surface area contributed by atoms with Gasteiger partial charge in [0.25, 0.3) is 0 Å². The van der Waals surface area contributed by atoms with Crippen LogP contribution in [0.25, 0.3) is 11.4 Å². The molecule has 0 bridgehead atoms. The number of thioether (sulfide) groups is 1. The molecule has 2 N–H and O–H groups in total. The number of nitrogens with one attached hydrogen (secondary N) is 1. The first-order chi connectivity index (χ1) is 11.7. The van der Waals surface area contributed by atoms with Crippen LogP contribution in [0.4, 0.5) is 11.5 Å². The minimum absolute atomic E-state index is 0.00849. The zero-order chi connectivity index (χ0) is 16.9. The van der Waals surface area contributed by atoms with Crippen LogP contribution in [0.1, 0.15) is 10.4 Å². The van der Waals surface area contributed by atoms with E-state index in [2.05, 4.69) is 25.3 Å². The van der Waals surface area contributed by atoms with Crippen molar-refractivity contribution in [1.29, 1.82) is 0 Å². The summed E-state index contributed by atoms with van der Waals surface area (Å²) in [5.41, 5.74) is 1.51. The molecule has 2 heterocycles. The molecule has 2 aromatic heterocycles. The quantitative estimate of drug-likeness (QED) is 0.540. The highest BCUT2D eigenvalue weighted by Gasteiger charge is 2.14. The van der Waals surface area contributed by atoms with E-state index in [4.69, 9.17) is 0 Å². The van der Waals surface area contributed by atoms with Crippen LogP contribution in [0.5, 0.6) is 0 Å². The highest BCUT2D eigenvalue weighted by Crippen LogP contribution is 2.24. The molecule has 120 valence electrons. The molecule has 7 nitrogen and oxygen atoms in total. The molecule has 0 unspecified atom stereocenters. The fourth-order valence-corrected chi connectivity index (χ4v) is 2.38. The van der Waals surface area contributed by atoms with Crippen LogP contribution < -0.4 is 5.32 Å². The fraction of sp³-hybridized carbons (Fsp3) is 0.0625. The van der Waals surface area contributed by atoms with E-state index in [0.29, 0.717) is 16.7 Å². The molecule has 0 aliphatic carbocycles. The summed E-state index contributed by atoms with van der Waals surface area (Å²) in [4.78, 5) is 28.0. The first-order valence-electron chi connectivity index (χ1n) is 6.96. The largest absolute Gasteiger partial charge is 0.477 e. The van der Waals surface area contributed by atoms with E-state index in [0.717, 1.165) is 5.56 Å². The van der Waals surface area contributed by atoms with E-state index in [9.17, 15) is 9.90 Å². The summed E-state index contributed by atoms with van der Waals surface area (Å²) in [5.74, 6) is -0.257. The number of carboxylic acid groups (broad SMARTS) is 1. The molecular weight excluding hydrogens is 326 g/mol. The molecule has 0 saturated heterocycles. The summed E-state index contributed by atoms with van der Waals surface area (Å²) >= 11 is 1.34. The smallest absolute Gasteiger partial charge is 0.341 e. The van der Waals surface area contributed by atoms with Crippen LogP contribution >= 0.6 is 11.8 Å². The van der Waals surface area contributed by atoms with Crippen molar-refractivity contribution in [3.05, 3.63) is 54.5 Å². The van der Waals surface area contributed by atoms with E-state index in [1.807, 2.05) is 30.5 Å². The molecule has 3 rings (SSSR count). The summed E-state index contributed by atoms with van der Waals surface area (Å²) in [6, 6.07) is 9.12. The van der Waals surface area contributed by atoms with E-state index in [-0.39, 0.29) is 11.4 Å². The molecule has 0 spiro atoms. The van der Waals surface area contributed by atoms with E-state index >= 15 is 0 Å². The van der Waals surface area contributed by atoms with Gasteiger partial charge in [0.2, 0.25) is 0 Å². The predicted molar refractivity (Wildman–Crippen MR) is 91.5 cm³/mol. The number of anilines is 2. The van der Waals surface area contributed by atoms with Gasteiger partial charge in [0, 0.05) is 29.8 Å². The van der Waals surface area contributed by atoms with Gasteiger partial charge in [-0.25, -0.2) is 24.7 Å². The lowest BCUT2D eigenvalue weighted by Crippen LogP contribution is -2.07. The Kier molecular flexibility index (Phi) is 4.66. The second-order valence-corrected chi connectivity index (χ2v) is 5.48. The van der Waals surface area contributed by atoms with E-state index in [1.54, 1.807) is 18.5 Å². The number of aromatic nitrogens is 4. The van der Waals surface area contributed by atoms with Gasteiger partial charge in [-0.15, -0.1) is 0 Å². The van der Waals surface area contributed by atoms with Crippen LogP contribution in [-0.2, 0) is 0 Å². The van der Waals surface area contributed by atoms with Gasteiger partial charge in [0.05, 0.1) is 0 Å². The maximum absolute atomic E-state index is 11.4. The van der Waals surface area contributed by atoms with Crippen molar-refractivity contribution in [1.82, 2.24) is 19.9 Å². The number of carbonyl (C=O) groups is 1. The molecule has 0 atom stereocenters. The molecule has 0 aliphatic heterocycles. The van der Waals surface area contributed by atoms with Crippen LogP contribution in [0.3, 0.4) is 0 Å². The molecule has 0 aliphatic rings. The summed E-state index contributed by atoms with van der Waals surface area (Å²) in [6.07, 6.45) is 6.46. The first kappa shape index (κ1) is 15.9. The third-order valence-corrected chi connectivity index (χ3v) is 3.69. The number of aromatic carboxylic acids is 1. The first-order valence-corrected chi connectivity index (χ1v) is 8.18. The number of carboxylic acids is 1. The molecule has 0 radical (unpaired) electrons. The molecule has 0 saturated carbocycles. The Morgan fingerprint density at radius 1 is 1.17 bits per heavy atom. The van der Waals surface area contributed by atoms with Gasteiger partial charge in [-0.1, -0.05) is 23.9 Å². The molecule has 8 heteroatoms. The Morgan fingerprint density at radius 2 is 1.96 bits per heavy atom. The zero-order valence-corrected chi connectivity index (χ0v) is 13.5. The molecule has 1 aromatic carbocycles. The molecular formula is C16H13N5O2S. The minimum atomic E-state index is -1.09. The Labute approximate surface area is 142 Å². The Morgan fingerprint density at radius 3 is 2.67 bits per heavy atom. The summed E-state index contributed by atoms with van der Waals surface area (Å²) < 4.78 is 0.